The first-order chi connectivity index (χ1) is 17.0. The molecular formula is C27H21Cl2N3OS2. The number of carbonyl (C=O) groups is 1. The molecule has 0 fully saturated rings. The standard InChI is InChI=1S/C27H21Cl2N3OS2/c28-19-14-20(29)16-23(15-19)30-26(33)25(18-8-3-1-4-9-18)35-24-13-7-12-22(17-24)32-27(34)31-21-10-5-2-6-11-21/h1-17,25H,(H,30,33)(H2,31,32,34). The van der Waals surface area contributed by atoms with Crippen molar-refractivity contribution in [2.24, 2.45) is 0 Å². The zero-order chi connectivity index (χ0) is 24.6. The molecule has 0 saturated carbocycles. The van der Waals surface area contributed by atoms with Gasteiger partial charge in [0, 0.05) is 32.0 Å². The Bertz CT molecular complexity index is 1300. The van der Waals surface area contributed by atoms with Gasteiger partial charge in [-0.3, -0.25) is 4.79 Å². The largest absolute Gasteiger partial charge is 0.332 e. The SMILES string of the molecule is O=C(Nc1cc(Cl)cc(Cl)c1)C(Sc1cccc(NC(=S)Nc2ccccc2)c1)c1ccccc1. The number of thiocarbonyl (C=S) groups is 1. The Morgan fingerprint density at radius 1 is 0.686 bits per heavy atom. The third kappa shape index (κ3) is 7.47. The Kier molecular flexibility index (Phi) is 8.66. The van der Waals surface area contributed by atoms with Crippen molar-refractivity contribution < 1.29 is 4.79 Å². The zero-order valence-electron chi connectivity index (χ0n) is 18.4. The molecule has 1 amide bonds. The van der Waals surface area contributed by atoms with E-state index < -0.39 is 5.25 Å². The summed E-state index contributed by atoms with van der Waals surface area (Å²) in [5.74, 6) is -0.181. The van der Waals surface area contributed by atoms with Crippen molar-refractivity contribution in [3.05, 3.63) is 119 Å². The molecule has 0 aromatic heterocycles. The van der Waals surface area contributed by atoms with Crippen LogP contribution in [0.15, 0.2) is 108 Å². The average molecular weight is 539 g/mol. The van der Waals surface area contributed by atoms with Gasteiger partial charge in [-0.2, -0.15) is 0 Å². The molecule has 4 nitrogen and oxygen atoms in total. The fraction of sp³-hybridized carbons (Fsp3) is 0.0370. The van der Waals surface area contributed by atoms with Crippen LogP contribution in [0.2, 0.25) is 10.0 Å². The van der Waals surface area contributed by atoms with E-state index in [2.05, 4.69) is 16.0 Å². The number of anilines is 3. The highest BCUT2D eigenvalue weighted by atomic mass is 35.5. The molecule has 0 bridgehead atoms. The van der Waals surface area contributed by atoms with Crippen molar-refractivity contribution in [3.8, 4) is 0 Å². The molecule has 0 heterocycles. The van der Waals surface area contributed by atoms with Crippen molar-refractivity contribution >= 4 is 75.3 Å². The number of hydrogen-bond donors (Lipinski definition) is 3. The highest BCUT2D eigenvalue weighted by molar-refractivity contribution is 8.00. The van der Waals surface area contributed by atoms with Crippen LogP contribution in [0.1, 0.15) is 10.8 Å². The number of hydrogen-bond acceptors (Lipinski definition) is 3. The van der Waals surface area contributed by atoms with Crippen molar-refractivity contribution in [3.63, 3.8) is 0 Å². The van der Waals surface area contributed by atoms with Gasteiger partial charge < -0.3 is 16.0 Å². The summed E-state index contributed by atoms with van der Waals surface area (Å²) in [6, 6.07) is 32.1. The van der Waals surface area contributed by atoms with E-state index in [9.17, 15) is 4.79 Å². The zero-order valence-corrected chi connectivity index (χ0v) is 21.5. The molecule has 0 saturated heterocycles. The molecule has 4 rings (SSSR count). The van der Waals surface area contributed by atoms with Crippen LogP contribution >= 0.6 is 47.2 Å². The van der Waals surface area contributed by atoms with Crippen molar-refractivity contribution in [1.82, 2.24) is 0 Å². The first kappa shape index (κ1) is 25.1. The summed E-state index contributed by atoms with van der Waals surface area (Å²) in [4.78, 5) is 14.2. The Morgan fingerprint density at radius 2 is 1.29 bits per heavy atom. The van der Waals surface area contributed by atoms with Crippen LogP contribution in [0.3, 0.4) is 0 Å². The molecule has 1 unspecified atom stereocenters. The molecule has 35 heavy (non-hydrogen) atoms. The van der Waals surface area contributed by atoms with E-state index in [0.29, 0.717) is 20.8 Å². The third-order valence-corrected chi connectivity index (χ3v) is 6.74. The van der Waals surface area contributed by atoms with E-state index in [1.54, 1.807) is 18.2 Å². The lowest BCUT2D eigenvalue weighted by Crippen LogP contribution is -2.19. The lowest BCUT2D eigenvalue weighted by atomic mass is 10.1. The lowest BCUT2D eigenvalue weighted by Gasteiger charge is -2.18. The molecule has 0 radical (unpaired) electrons. The molecule has 3 N–H and O–H groups in total. The molecule has 0 spiro atoms. The quantitative estimate of drug-likeness (QED) is 0.163. The second-order valence-corrected chi connectivity index (χ2v) is 9.99. The minimum atomic E-state index is -0.501. The molecule has 4 aromatic rings. The van der Waals surface area contributed by atoms with E-state index in [1.807, 2.05) is 84.9 Å². The van der Waals surface area contributed by atoms with Gasteiger partial charge >= 0.3 is 0 Å². The van der Waals surface area contributed by atoms with Gasteiger partial charge in [-0.05, 0) is 66.3 Å². The minimum absolute atomic E-state index is 0.181. The molecule has 1 atom stereocenters. The maximum atomic E-state index is 13.3. The maximum Gasteiger partial charge on any atom is 0.242 e. The minimum Gasteiger partial charge on any atom is -0.332 e. The van der Waals surface area contributed by atoms with Gasteiger partial charge in [-0.15, -0.1) is 11.8 Å². The van der Waals surface area contributed by atoms with Crippen LogP contribution in [0.5, 0.6) is 0 Å². The number of amides is 1. The van der Waals surface area contributed by atoms with Crippen molar-refractivity contribution in [2.75, 3.05) is 16.0 Å². The number of nitrogens with one attached hydrogen (secondary N) is 3. The Hall–Kier alpha value is -3.03. The van der Waals surface area contributed by atoms with Crippen molar-refractivity contribution in [1.29, 1.82) is 0 Å². The summed E-state index contributed by atoms with van der Waals surface area (Å²) in [6.07, 6.45) is 0. The van der Waals surface area contributed by atoms with Gasteiger partial charge in [0.05, 0.1) is 0 Å². The monoisotopic (exact) mass is 537 g/mol. The summed E-state index contributed by atoms with van der Waals surface area (Å²) in [7, 11) is 0. The number of thioether (sulfide) groups is 1. The first-order valence-electron chi connectivity index (χ1n) is 10.7. The molecule has 0 aliphatic rings. The highest BCUT2D eigenvalue weighted by Crippen LogP contribution is 2.37. The average Bonchev–Trinajstić information content (AvgIpc) is 2.83. The third-order valence-electron chi connectivity index (χ3n) is 4.85. The number of benzene rings is 4. The number of rotatable bonds is 7. The van der Waals surface area contributed by atoms with Gasteiger partial charge in [0.2, 0.25) is 5.91 Å². The van der Waals surface area contributed by atoms with Gasteiger partial charge in [-0.25, -0.2) is 0 Å². The summed E-state index contributed by atoms with van der Waals surface area (Å²) >= 11 is 19.1. The van der Waals surface area contributed by atoms with Crippen LogP contribution in [0.25, 0.3) is 0 Å². The smallest absolute Gasteiger partial charge is 0.242 e. The number of carbonyl (C=O) groups excluding carboxylic acids is 1. The molecule has 8 heteroatoms. The van der Waals surface area contributed by atoms with Crippen LogP contribution in [0.4, 0.5) is 17.1 Å². The second kappa shape index (κ2) is 12.1. The fourth-order valence-electron chi connectivity index (χ4n) is 3.33. The highest BCUT2D eigenvalue weighted by Gasteiger charge is 2.22. The lowest BCUT2D eigenvalue weighted by molar-refractivity contribution is -0.115. The van der Waals surface area contributed by atoms with Crippen LogP contribution in [0, 0.1) is 0 Å². The summed E-state index contributed by atoms with van der Waals surface area (Å²) in [6.45, 7) is 0. The molecule has 4 aromatic carbocycles. The predicted molar refractivity (Wildman–Crippen MR) is 153 cm³/mol. The number of para-hydroxylation sites is 1. The Labute approximate surface area is 224 Å². The normalized spacial score (nSPS) is 11.4. The van der Waals surface area contributed by atoms with E-state index >= 15 is 0 Å². The van der Waals surface area contributed by atoms with Gasteiger partial charge in [-0.1, -0.05) is 77.8 Å². The second-order valence-electron chi connectivity index (χ2n) is 7.53. The predicted octanol–water partition coefficient (Wildman–Crippen LogP) is 8.27. The van der Waals surface area contributed by atoms with E-state index in [0.717, 1.165) is 21.8 Å². The molecule has 176 valence electrons. The maximum absolute atomic E-state index is 13.3. The summed E-state index contributed by atoms with van der Waals surface area (Å²) < 4.78 is 0. The first-order valence-corrected chi connectivity index (χ1v) is 12.7. The van der Waals surface area contributed by atoms with E-state index in [1.165, 1.54) is 11.8 Å². The molecular weight excluding hydrogens is 517 g/mol. The Morgan fingerprint density at radius 3 is 1.97 bits per heavy atom. The number of halogens is 2. The molecule has 0 aliphatic heterocycles. The van der Waals surface area contributed by atoms with Crippen molar-refractivity contribution in [2.45, 2.75) is 10.1 Å². The van der Waals surface area contributed by atoms with Crippen LogP contribution < -0.4 is 16.0 Å². The van der Waals surface area contributed by atoms with E-state index in [-0.39, 0.29) is 5.91 Å². The summed E-state index contributed by atoms with van der Waals surface area (Å²) in [5.41, 5.74) is 3.14. The fourth-order valence-corrected chi connectivity index (χ4v) is 5.18. The van der Waals surface area contributed by atoms with Crippen LogP contribution in [-0.4, -0.2) is 11.0 Å². The van der Waals surface area contributed by atoms with E-state index in [4.69, 9.17) is 35.4 Å². The summed E-state index contributed by atoms with van der Waals surface area (Å²) in [5, 5.41) is 10.2. The van der Waals surface area contributed by atoms with Crippen LogP contribution in [-0.2, 0) is 4.79 Å². The topological polar surface area (TPSA) is 53.2 Å². The Balaban J connectivity index is 1.51. The van der Waals surface area contributed by atoms with Gasteiger partial charge in [0.1, 0.15) is 5.25 Å². The van der Waals surface area contributed by atoms with Gasteiger partial charge in [0.25, 0.3) is 0 Å². The molecule has 0 aliphatic carbocycles. The van der Waals surface area contributed by atoms with Gasteiger partial charge in [0.15, 0.2) is 5.11 Å².